The van der Waals surface area contributed by atoms with Gasteiger partial charge in [-0.3, -0.25) is 4.79 Å². The molecule has 0 spiro atoms. The summed E-state index contributed by atoms with van der Waals surface area (Å²) in [5, 5.41) is 9.80. The Morgan fingerprint density at radius 2 is 1.77 bits per heavy atom. The van der Waals surface area contributed by atoms with Crippen molar-refractivity contribution < 1.29 is 9.90 Å². The van der Waals surface area contributed by atoms with Crippen LogP contribution in [0.5, 0.6) is 0 Å². The quantitative estimate of drug-likeness (QED) is 0.714. The Balaban J connectivity index is 2.56. The van der Waals surface area contributed by atoms with Crippen molar-refractivity contribution in [2.75, 3.05) is 0 Å². The average molecular weight is 184 g/mol. The van der Waals surface area contributed by atoms with Crippen LogP contribution >= 0.6 is 0 Å². The summed E-state index contributed by atoms with van der Waals surface area (Å²) in [6, 6.07) is 0. The summed E-state index contributed by atoms with van der Waals surface area (Å²) in [6.07, 6.45) is 3.65. The number of hydrogen-bond acceptors (Lipinski definition) is 2. The van der Waals surface area contributed by atoms with E-state index < -0.39 is 11.5 Å². The van der Waals surface area contributed by atoms with Crippen LogP contribution < -0.4 is 0 Å². The van der Waals surface area contributed by atoms with Crippen molar-refractivity contribution >= 4 is 5.78 Å². The number of aliphatic hydroxyl groups excluding tert-OH is 1. The average Bonchev–Trinajstić information content (AvgIpc) is 2.51. The zero-order chi connectivity index (χ0) is 10.1. The van der Waals surface area contributed by atoms with Crippen molar-refractivity contribution in [2.24, 2.45) is 11.3 Å². The van der Waals surface area contributed by atoms with E-state index in [4.69, 9.17) is 0 Å². The Labute approximate surface area is 80.3 Å². The normalized spacial score (nSPS) is 21.8. The van der Waals surface area contributed by atoms with Crippen LogP contribution in [0.25, 0.3) is 0 Å². The summed E-state index contributed by atoms with van der Waals surface area (Å²) in [5.74, 6) is 0.228. The molecule has 1 aliphatic rings. The monoisotopic (exact) mass is 184 g/mol. The number of carbonyl (C=O) groups excluding carboxylic acids is 1. The Kier molecular flexibility index (Phi) is 3.12. The molecule has 0 heterocycles. The molecule has 1 N–H and O–H groups in total. The van der Waals surface area contributed by atoms with Gasteiger partial charge in [-0.1, -0.05) is 33.6 Å². The summed E-state index contributed by atoms with van der Waals surface area (Å²) in [6.45, 7) is 5.61. The van der Waals surface area contributed by atoms with Crippen LogP contribution in [0.3, 0.4) is 0 Å². The van der Waals surface area contributed by atoms with Crippen molar-refractivity contribution in [1.82, 2.24) is 0 Å². The molecule has 0 saturated heterocycles. The maximum absolute atomic E-state index is 11.7. The molecule has 1 atom stereocenters. The molecule has 1 rings (SSSR count). The minimum absolute atomic E-state index is 0.000556. The highest BCUT2D eigenvalue weighted by molar-refractivity contribution is 5.87. The molecular weight excluding hydrogens is 164 g/mol. The van der Waals surface area contributed by atoms with Crippen LogP contribution in [0.1, 0.15) is 46.5 Å². The molecule has 76 valence electrons. The van der Waals surface area contributed by atoms with Gasteiger partial charge >= 0.3 is 0 Å². The van der Waals surface area contributed by atoms with E-state index in [1.807, 2.05) is 20.8 Å². The fourth-order valence-electron chi connectivity index (χ4n) is 1.93. The summed E-state index contributed by atoms with van der Waals surface area (Å²) in [4.78, 5) is 11.7. The van der Waals surface area contributed by atoms with Gasteiger partial charge in [-0.2, -0.15) is 0 Å². The SMILES string of the molecule is CC(C)(C)C(=O)C(O)C1CCCC1. The molecule has 0 bridgehead atoms. The first-order valence-corrected chi connectivity index (χ1v) is 5.15. The van der Waals surface area contributed by atoms with Gasteiger partial charge in [0.15, 0.2) is 5.78 Å². The van der Waals surface area contributed by atoms with Gasteiger partial charge in [-0.05, 0) is 18.8 Å². The van der Waals surface area contributed by atoms with E-state index in [1.165, 1.54) is 12.8 Å². The predicted molar refractivity (Wildman–Crippen MR) is 52.4 cm³/mol. The van der Waals surface area contributed by atoms with Crippen LogP contribution in [0, 0.1) is 11.3 Å². The largest absolute Gasteiger partial charge is 0.385 e. The minimum Gasteiger partial charge on any atom is -0.385 e. The van der Waals surface area contributed by atoms with Gasteiger partial charge in [-0.25, -0.2) is 0 Å². The summed E-state index contributed by atoms with van der Waals surface area (Å²) in [5.41, 5.74) is -0.401. The number of aliphatic hydroxyl groups is 1. The molecule has 1 saturated carbocycles. The van der Waals surface area contributed by atoms with E-state index in [0.717, 1.165) is 12.8 Å². The van der Waals surface area contributed by atoms with E-state index >= 15 is 0 Å². The first-order valence-electron chi connectivity index (χ1n) is 5.15. The maximum Gasteiger partial charge on any atom is 0.166 e. The van der Waals surface area contributed by atoms with Crippen molar-refractivity contribution in [3.8, 4) is 0 Å². The fraction of sp³-hybridized carbons (Fsp3) is 0.909. The Morgan fingerprint density at radius 3 is 2.15 bits per heavy atom. The summed E-state index contributed by atoms with van der Waals surface area (Å²) < 4.78 is 0. The molecular formula is C11H20O2. The minimum atomic E-state index is -0.720. The van der Waals surface area contributed by atoms with Crippen LogP contribution in [0.4, 0.5) is 0 Å². The molecule has 2 heteroatoms. The van der Waals surface area contributed by atoms with Crippen LogP contribution in [-0.4, -0.2) is 17.0 Å². The second kappa shape index (κ2) is 3.79. The second-order valence-electron chi connectivity index (χ2n) is 5.10. The standard InChI is InChI=1S/C11H20O2/c1-11(2,3)10(13)9(12)8-6-4-5-7-8/h8-9,12H,4-7H2,1-3H3. The molecule has 0 aromatic carbocycles. The van der Waals surface area contributed by atoms with E-state index in [9.17, 15) is 9.90 Å². The van der Waals surface area contributed by atoms with Crippen molar-refractivity contribution in [3.63, 3.8) is 0 Å². The Morgan fingerprint density at radius 1 is 1.31 bits per heavy atom. The lowest BCUT2D eigenvalue weighted by Gasteiger charge is -2.24. The van der Waals surface area contributed by atoms with Gasteiger partial charge in [-0.15, -0.1) is 0 Å². The third-order valence-electron chi connectivity index (χ3n) is 2.85. The molecule has 1 unspecified atom stereocenters. The molecule has 1 fully saturated rings. The molecule has 0 radical (unpaired) electrons. The first kappa shape index (κ1) is 10.7. The Bertz CT molecular complexity index is 185. The van der Waals surface area contributed by atoms with E-state index in [2.05, 4.69) is 0 Å². The van der Waals surface area contributed by atoms with E-state index in [-0.39, 0.29) is 11.7 Å². The van der Waals surface area contributed by atoms with Crippen LogP contribution in [0.15, 0.2) is 0 Å². The number of rotatable bonds is 2. The molecule has 1 aliphatic carbocycles. The van der Waals surface area contributed by atoms with Gasteiger partial charge in [0.05, 0.1) is 0 Å². The highest BCUT2D eigenvalue weighted by Crippen LogP contribution is 2.31. The zero-order valence-corrected chi connectivity index (χ0v) is 8.84. The van der Waals surface area contributed by atoms with Gasteiger partial charge in [0, 0.05) is 5.41 Å². The van der Waals surface area contributed by atoms with E-state index in [1.54, 1.807) is 0 Å². The highest BCUT2D eigenvalue weighted by Gasteiger charge is 2.34. The lowest BCUT2D eigenvalue weighted by Crippen LogP contribution is -2.36. The molecule has 13 heavy (non-hydrogen) atoms. The molecule has 0 aliphatic heterocycles. The van der Waals surface area contributed by atoms with E-state index in [0.29, 0.717) is 0 Å². The van der Waals surface area contributed by atoms with Gasteiger partial charge < -0.3 is 5.11 Å². The zero-order valence-electron chi connectivity index (χ0n) is 8.84. The summed E-state index contributed by atoms with van der Waals surface area (Å²) >= 11 is 0. The molecule has 0 aromatic rings. The molecule has 2 nitrogen and oxygen atoms in total. The van der Waals surface area contributed by atoms with Crippen LogP contribution in [0.2, 0.25) is 0 Å². The van der Waals surface area contributed by atoms with Crippen molar-refractivity contribution in [2.45, 2.75) is 52.6 Å². The highest BCUT2D eigenvalue weighted by atomic mass is 16.3. The van der Waals surface area contributed by atoms with Gasteiger partial charge in [0.1, 0.15) is 6.10 Å². The third kappa shape index (κ3) is 2.53. The second-order valence-corrected chi connectivity index (χ2v) is 5.10. The predicted octanol–water partition coefficient (Wildman–Crippen LogP) is 2.15. The molecule has 0 aromatic heterocycles. The topological polar surface area (TPSA) is 37.3 Å². The van der Waals surface area contributed by atoms with Crippen LogP contribution in [-0.2, 0) is 4.79 Å². The maximum atomic E-state index is 11.7. The number of hydrogen-bond donors (Lipinski definition) is 1. The number of Topliss-reactive ketones (excluding diaryl/α,β-unsaturated/α-hetero) is 1. The first-order chi connectivity index (χ1) is 5.93. The number of carbonyl (C=O) groups is 1. The smallest absolute Gasteiger partial charge is 0.166 e. The lowest BCUT2D eigenvalue weighted by atomic mass is 9.82. The third-order valence-corrected chi connectivity index (χ3v) is 2.85. The summed E-state index contributed by atoms with van der Waals surface area (Å²) in [7, 11) is 0. The van der Waals surface area contributed by atoms with Crippen molar-refractivity contribution in [3.05, 3.63) is 0 Å². The van der Waals surface area contributed by atoms with Crippen molar-refractivity contribution in [1.29, 1.82) is 0 Å². The van der Waals surface area contributed by atoms with Gasteiger partial charge in [0.2, 0.25) is 0 Å². The fourth-order valence-corrected chi connectivity index (χ4v) is 1.93. The lowest BCUT2D eigenvalue weighted by molar-refractivity contribution is -0.137. The Hall–Kier alpha value is -0.370. The van der Waals surface area contributed by atoms with Gasteiger partial charge in [0.25, 0.3) is 0 Å². The molecule has 0 amide bonds. The number of ketones is 1.